The fourth-order valence-corrected chi connectivity index (χ4v) is 2.76. The minimum Gasteiger partial charge on any atom is -0.352 e. The minimum atomic E-state index is -0.282. The highest BCUT2D eigenvalue weighted by molar-refractivity contribution is 5.99. The molecule has 2 N–H and O–H groups in total. The van der Waals surface area contributed by atoms with Crippen LogP contribution < -0.4 is 10.6 Å². The Labute approximate surface area is 163 Å². The van der Waals surface area contributed by atoms with Crippen LogP contribution in [0.1, 0.15) is 31.8 Å². The van der Waals surface area contributed by atoms with Crippen LogP contribution in [0.5, 0.6) is 0 Å². The Morgan fingerprint density at radius 2 is 1.36 bits per heavy atom. The van der Waals surface area contributed by atoms with Crippen LogP contribution >= 0.6 is 0 Å². The number of rotatable bonds is 7. The van der Waals surface area contributed by atoms with Crippen molar-refractivity contribution in [3.05, 3.63) is 107 Å². The van der Waals surface area contributed by atoms with Gasteiger partial charge in [0, 0.05) is 24.2 Å². The van der Waals surface area contributed by atoms with E-state index in [1.54, 1.807) is 36.4 Å². The summed E-state index contributed by atoms with van der Waals surface area (Å²) in [7, 11) is 0. The molecule has 0 saturated carbocycles. The average molecular weight is 376 g/mol. The van der Waals surface area contributed by atoms with Crippen LogP contribution in [0.3, 0.4) is 0 Å². The van der Waals surface area contributed by atoms with E-state index in [2.05, 4.69) is 10.6 Å². The van der Waals surface area contributed by atoms with Gasteiger partial charge in [0.25, 0.3) is 11.8 Å². The maximum Gasteiger partial charge on any atom is 0.251 e. The van der Waals surface area contributed by atoms with Gasteiger partial charge in [-0.15, -0.1) is 0 Å². The van der Waals surface area contributed by atoms with Crippen LogP contribution in [0.25, 0.3) is 0 Å². The molecule has 0 heterocycles. The highest BCUT2D eigenvalue weighted by atomic mass is 19.1. The maximum absolute atomic E-state index is 12.9. The van der Waals surface area contributed by atoms with Gasteiger partial charge in [0.2, 0.25) is 0 Å². The number of nitrogens with one attached hydrogen (secondary N) is 2. The molecule has 0 aromatic heterocycles. The summed E-state index contributed by atoms with van der Waals surface area (Å²) in [6, 6.07) is 22.4. The zero-order chi connectivity index (χ0) is 19.8. The Bertz CT molecular complexity index is 940. The van der Waals surface area contributed by atoms with Gasteiger partial charge in [0.05, 0.1) is 0 Å². The Morgan fingerprint density at radius 1 is 0.714 bits per heavy atom. The normalized spacial score (nSPS) is 10.3. The molecule has 0 fully saturated rings. The van der Waals surface area contributed by atoms with Gasteiger partial charge < -0.3 is 10.6 Å². The first-order valence-corrected chi connectivity index (χ1v) is 9.06. The summed E-state index contributed by atoms with van der Waals surface area (Å²) < 4.78 is 12.9. The van der Waals surface area contributed by atoms with Gasteiger partial charge in [0.1, 0.15) is 5.82 Å². The molecule has 0 atom stereocenters. The van der Waals surface area contributed by atoms with Crippen molar-refractivity contribution in [3.63, 3.8) is 0 Å². The lowest BCUT2D eigenvalue weighted by Crippen LogP contribution is -2.27. The molecule has 0 bridgehead atoms. The van der Waals surface area contributed by atoms with Crippen molar-refractivity contribution >= 4 is 11.8 Å². The number of carbonyl (C=O) groups excluding carboxylic acids is 2. The predicted octanol–water partition coefficient (Wildman–Crippen LogP) is 3.73. The van der Waals surface area contributed by atoms with Crippen LogP contribution in [0, 0.1) is 5.82 Å². The van der Waals surface area contributed by atoms with Crippen LogP contribution in [0.4, 0.5) is 4.39 Å². The van der Waals surface area contributed by atoms with Gasteiger partial charge in [-0.05, 0) is 47.9 Å². The van der Waals surface area contributed by atoms with Crippen LogP contribution in [0.2, 0.25) is 0 Å². The molecule has 3 aromatic rings. The molecule has 0 spiro atoms. The van der Waals surface area contributed by atoms with E-state index in [1.165, 1.54) is 12.1 Å². The van der Waals surface area contributed by atoms with E-state index in [0.29, 0.717) is 30.6 Å². The summed E-state index contributed by atoms with van der Waals surface area (Å²) in [4.78, 5) is 24.7. The van der Waals surface area contributed by atoms with Gasteiger partial charge >= 0.3 is 0 Å². The van der Waals surface area contributed by atoms with E-state index in [-0.39, 0.29) is 17.6 Å². The van der Waals surface area contributed by atoms with E-state index in [0.717, 1.165) is 11.1 Å². The Hall–Kier alpha value is -3.47. The molecule has 4 nitrogen and oxygen atoms in total. The number of amides is 2. The number of hydrogen-bond donors (Lipinski definition) is 2. The highest BCUT2D eigenvalue weighted by Gasteiger charge is 2.10. The lowest BCUT2D eigenvalue weighted by Gasteiger charge is -2.08. The largest absolute Gasteiger partial charge is 0.352 e. The van der Waals surface area contributed by atoms with Gasteiger partial charge in [0.15, 0.2) is 0 Å². The first kappa shape index (κ1) is 19.3. The lowest BCUT2D eigenvalue weighted by atomic mass is 10.1. The second-order valence-corrected chi connectivity index (χ2v) is 6.38. The van der Waals surface area contributed by atoms with Crippen LogP contribution in [-0.2, 0) is 13.0 Å². The first-order chi connectivity index (χ1) is 13.6. The smallest absolute Gasteiger partial charge is 0.251 e. The monoisotopic (exact) mass is 376 g/mol. The van der Waals surface area contributed by atoms with Crippen molar-refractivity contribution in [2.24, 2.45) is 0 Å². The Balaban J connectivity index is 1.53. The zero-order valence-electron chi connectivity index (χ0n) is 15.3. The van der Waals surface area contributed by atoms with Crippen molar-refractivity contribution in [2.45, 2.75) is 13.0 Å². The van der Waals surface area contributed by atoms with Crippen molar-refractivity contribution in [3.8, 4) is 0 Å². The van der Waals surface area contributed by atoms with Crippen LogP contribution in [-0.4, -0.2) is 18.4 Å². The van der Waals surface area contributed by atoms with E-state index in [4.69, 9.17) is 0 Å². The summed E-state index contributed by atoms with van der Waals surface area (Å²) in [5, 5.41) is 5.67. The summed E-state index contributed by atoms with van der Waals surface area (Å²) in [5.74, 6) is -0.764. The molecule has 5 heteroatoms. The summed E-state index contributed by atoms with van der Waals surface area (Å²) >= 11 is 0. The summed E-state index contributed by atoms with van der Waals surface area (Å²) in [6.45, 7) is 0.850. The quantitative estimate of drug-likeness (QED) is 0.660. The molecule has 0 saturated heterocycles. The third-order valence-electron chi connectivity index (χ3n) is 4.30. The molecule has 0 aliphatic carbocycles. The van der Waals surface area contributed by atoms with Crippen molar-refractivity contribution in [1.29, 1.82) is 0 Å². The van der Waals surface area contributed by atoms with Crippen molar-refractivity contribution < 1.29 is 14.0 Å². The van der Waals surface area contributed by atoms with E-state index in [1.807, 2.05) is 30.3 Å². The van der Waals surface area contributed by atoms with E-state index in [9.17, 15) is 14.0 Å². The molecule has 2 amide bonds. The van der Waals surface area contributed by atoms with E-state index < -0.39 is 0 Å². The number of benzene rings is 3. The second-order valence-electron chi connectivity index (χ2n) is 6.38. The second kappa shape index (κ2) is 9.46. The summed E-state index contributed by atoms with van der Waals surface area (Å²) in [6.07, 6.45) is 0.600. The van der Waals surface area contributed by atoms with Gasteiger partial charge in [-0.3, -0.25) is 9.59 Å². The molecule has 3 aromatic carbocycles. The predicted molar refractivity (Wildman–Crippen MR) is 106 cm³/mol. The van der Waals surface area contributed by atoms with E-state index >= 15 is 0 Å². The van der Waals surface area contributed by atoms with Gasteiger partial charge in [-0.2, -0.15) is 0 Å². The molecule has 0 aliphatic heterocycles. The molecular weight excluding hydrogens is 355 g/mol. The average Bonchev–Trinajstić information content (AvgIpc) is 2.74. The minimum absolute atomic E-state index is 0.232. The molecule has 0 aliphatic rings. The van der Waals surface area contributed by atoms with Gasteiger partial charge in [-0.1, -0.05) is 48.5 Å². The Morgan fingerprint density at radius 3 is 2.04 bits per heavy atom. The topological polar surface area (TPSA) is 58.2 Å². The SMILES string of the molecule is O=C(NCCc1ccc(F)cc1)c1cccc(C(=O)NCc2ccccc2)c1. The molecule has 142 valence electrons. The molecule has 0 radical (unpaired) electrons. The third-order valence-corrected chi connectivity index (χ3v) is 4.30. The zero-order valence-corrected chi connectivity index (χ0v) is 15.3. The molecular formula is C23H21FN2O2. The molecule has 0 unspecified atom stereocenters. The third kappa shape index (κ3) is 5.51. The molecule has 3 rings (SSSR count). The molecule has 28 heavy (non-hydrogen) atoms. The highest BCUT2D eigenvalue weighted by Crippen LogP contribution is 2.07. The van der Waals surface area contributed by atoms with Gasteiger partial charge in [-0.25, -0.2) is 4.39 Å². The number of carbonyl (C=O) groups is 2. The standard InChI is InChI=1S/C23H21FN2O2/c24-21-11-9-17(10-12-21)13-14-25-22(27)19-7-4-8-20(15-19)23(28)26-16-18-5-2-1-3-6-18/h1-12,15H,13-14,16H2,(H,25,27)(H,26,28). The number of hydrogen-bond acceptors (Lipinski definition) is 2. The number of halogens is 1. The Kier molecular flexibility index (Phi) is 6.52. The fraction of sp³-hybridized carbons (Fsp3) is 0.130. The van der Waals surface area contributed by atoms with Crippen molar-refractivity contribution in [2.75, 3.05) is 6.54 Å². The summed E-state index contributed by atoms with van der Waals surface area (Å²) in [5.41, 5.74) is 2.80. The van der Waals surface area contributed by atoms with Crippen LogP contribution in [0.15, 0.2) is 78.9 Å². The lowest BCUT2D eigenvalue weighted by molar-refractivity contribution is 0.0950. The maximum atomic E-state index is 12.9. The first-order valence-electron chi connectivity index (χ1n) is 9.06. The van der Waals surface area contributed by atoms with Crippen molar-refractivity contribution in [1.82, 2.24) is 10.6 Å². The fourth-order valence-electron chi connectivity index (χ4n) is 2.76.